The second-order valence-corrected chi connectivity index (χ2v) is 2.27. The lowest BCUT2D eigenvalue weighted by molar-refractivity contribution is 0.118. The number of piperidine rings is 1. The van der Waals surface area contributed by atoms with E-state index in [1.54, 1.807) is 0 Å². The number of nitrogens with zero attached hydrogens (tertiary/aromatic N) is 1. The van der Waals surface area contributed by atoms with Crippen LogP contribution in [0.3, 0.4) is 0 Å². The Kier molecular flexibility index (Phi) is 2.04. The molecular weight excluding hydrogens is 116 g/mol. The molecule has 9 heavy (non-hydrogen) atoms. The van der Waals surface area contributed by atoms with Crippen LogP contribution >= 0.6 is 0 Å². The van der Waals surface area contributed by atoms with Gasteiger partial charge in [0.15, 0.2) is 0 Å². The summed E-state index contributed by atoms with van der Waals surface area (Å²) in [6, 6.07) is 1.66. The van der Waals surface area contributed by atoms with E-state index < -0.39 is 6.10 Å². The highest BCUT2D eigenvalue weighted by Gasteiger charge is 2.20. The summed E-state index contributed by atoms with van der Waals surface area (Å²) in [6.07, 6.45) is 1.27. The molecule has 0 aromatic heterocycles. The Morgan fingerprint density at radius 1 is 1.67 bits per heavy atom. The maximum absolute atomic E-state index is 9.08. The Morgan fingerprint density at radius 3 is 2.89 bits per heavy atom. The summed E-state index contributed by atoms with van der Waals surface area (Å²) in [4.78, 5) is 0. The number of hydrogen-bond acceptors (Lipinski definition) is 3. The van der Waals surface area contributed by atoms with E-state index in [0.717, 1.165) is 19.4 Å². The van der Waals surface area contributed by atoms with Crippen LogP contribution in [-0.2, 0) is 0 Å². The van der Waals surface area contributed by atoms with Crippen LogP contribution in [0.5, 0.6) is 0 Å². The molecule has 1 fully saturated rings. The van der Waals surface area contributed by atoms with E-state index in [4.69, 9.17) is 10.4 Å². The van der Waals surface area contributed by atoms with Gasteiger partial charge in [0.2, 0.25) is 0 Å². The van der Waals surface area contributed by atoms with Gasteiger partial charge in [0.25, 0.3) is 0 Å². The van der Waals surface area contributed by atoms with Crippen LogP contribution in [-0.4, -0.2) is 23.8 Å². The van der Waals surface area contributed by atoms with Gasteiger partial charge < -0.3 is 5.11 Å². The van der Waals surface area contributed by atoms with Gasteiger partial charge >= 0.3 is 0 Å². The summed E-state index contributed by atoms with van der Waals surface area (Å²) in [5.74, 6) is 0. The molecule has 1 rings (SSSR count). The number of nitrogens with one attached hydrogen (secondary N) is 1. The fourth-order valence-electron chi connectivity index (χ4n) is 1.00. The van der Waals surface area contributed by atoms with Gasteiger partial charge in [-0.2, -0.15) is 5.26 Å². The van der Waals surface area contributed by atoms with Crippen molar-refractivity contribution in [1.82, 2.24) is 5.32 Å². The summed E-state index contributed by atoms with van der Waals surface area (Å²) < 4.78 is 0. The third-order valence-electron chi connectivity index (χ3n) is 1.56. The molecule has 0 bridgehead atoms. The van der Waals surface area contributed by atoms with Crippen LogP contribution in [0.1, 0.15) is 12.8 Å². The third kappa shape index (κ3) is 1.41. The zero-order chi connectivity index (χ0) is 6.69. The second kappa shape index (κ2) is 2.81. The molecular formula is C6H10N2O. The van der Waals surface area contributed by atoms with Crippen molar-refractivity contribution >= 4 is 0 Å². The second-order valence-electron chi connectivity index (χ2n) is 2.27. The highest BCUT2D eigenvalue weighted by atomic mass is 16.3. The highest BCUT2D eigenvalue weighted by molar-refractivity contribution is 4.97. The molecule has 2 N–H and O–H groups in total. The first-order chi connectivity index (χ1) is 4.34. The quantitative estimate of drug-likeness (QED) is 0.465. The minimum absolute atomic E-state index is 0.334. The number of aliphatic hydroxyl groups excluding tert-OH is 1. The molecule has 0 amide bonds. The Balaban J connectivity index is 2.41. The first-order valence-corrected chi connectivity index (χ1v) is 3.15. The minimum atomic E-state index is -0.455. The SMILES string of the molecule is N#CC1NCCCC1O. The predicted octanol–water partition coefficient (Wildman–Crippen LogP) is -0.377. The smallest absolute Gasteiger partial charge is 0.121 e. The van der Waals surface area contributed by atoms with E-state index in [1.807, 2.05) is 6.07 Å². The molecule has 1 aliphatic heterocycles. The Hall–Kier alpha value is -0.590. The minimum Gasteiger partial charge on any atom is -0.390 e. The van der Waals surface area contributed by atoms with Crippen LogP contribution in [0, 0.1) is 11.3 Å². The molecule has 0 aliphatic carbocycles. The van der Waals surface area contributed by atoms with Gasteiger partial charge in [-0.3, -0.25) is 5.32 Å². The van der Waals surface area contributed by atoms with E-state index in [1.165, 1.54) is 0 Å². The number of hydrogen-bond donors (Lipinski definition) is 2. The summed E-state index contributed by atoms with van der Waals surface area (Å²) >= 11 is 0. The summed E-state index contributed by atoms with van der Waals surface area (Å²) in [6.45, 7) is 0.856. The first-order valence-electron chi connectivity index (χ1n) is 3.15. The van der Waals surface area contributed by atoms with Crippen LogP contribution in [0.15, 0.2) is 0 Å². The molecule has 3 nitrogen and oxygen atoms in total. The van der Waals surface area contributed by atoms with Crippen molar-refractivity contribution in [3.8, 4) is 6.07 Å². The molecule has 2 unspecified atom stereocenters. The van der Waals surface area contributed by atoms with Crippen LogP contribution in [0.4, 0.5) is 0 Å². The molecule has 1 heterocycles. The lowest BCUT2D eigenvalue weighted by atomic mass is 10.0. The fraction of sp³-hybridized carbons (Fsp3) is 0.833. The van der Waals surface area contributed by atoms with E-state index in [0.29, 0.717) is 0 Å². The van der Waals surface area contributed by atoms with Crippen LogP contribution in [0.2, 0.25) is 0 Å². The summed E-state index contributed by atoms with van der Waals surface area (Å²) in [7, 11) is 0. The summed E-state index contributed by atoms with van der Waals surface area (Å²) in [5, 5.41) is 20.4. The monoisotopic (exact) mass is 126 g/mol. The zero-order valence-electron chi connectivity index (χ0n) is 5.17. The maximum atomic E-state index is 9.08. The Bertz CT molecular complexity index is 130. The molecule has 3 heteroatoms. The van der Waals surface area contributed by atoms with Crippen molar-refractivity contribution in [2.75, 3.05) is 6.54 Å². The molecule has 0 spiro atoms. The van der Waals surface area contributed by atoms with Crippen molar-refractivity contribution in [2.24, 2.45) is 0 Å². The van der Waals surface area contributed by atoms with E-state index in [9.17, 15) is 0 Å². The highest BCUT2D eigenvalue weighted by Crippen LogP contribution is 2.06. The van der Waals surface area contributed by atoms with E-state index in [-0.39, 0.29) is 6.04 Å². The largest absolute Gasteiger partial charge is 0.390 e. The molecule has 0 radical (unpaired) electrons. The van der Waals surface area contributed by atoms with Crippen molar-refractivity contribution in [3.05, 3.63) is 0 Å². The van der Waals surface area contributed by atoms with E-state index >= 15 is 0 Å². The maximum Gasteiger partial charge on any atom is 0.121 e. The normalized spacial score (nSPS) is 35.6. The van der Waals surface area contributed by atoms with Gasteiger partial charge in [0.1, 0.15) is 6.04 Å². The lowest BCUT2D eigenvalue weighted by Crippen LogP contribution is -2.43. The zero-order valence-corrected chi connectivity index (χ0v) is 5.17. The molecule has 0 saturated carbocycles. The summed E-state index contributed by atoms with van der Waals surface area (Å²) in [5.41, 5.74) is 0. The number of rotatable bonds is 0. The van der Waals surface area contributed by atoms with Gasteiger partial charge in [0, 0.05) is 0 Å². The van der Waals surface area contributed by atoms with Crippen LogP contribution in [0.25, 0.3) is 0 Å². The lowest BCUT2D eigenvalue weighted by Gasteiger charge is -2.22. The molecule has 1 saturated heterocycles. The van der Waals surface area contributed by atoms with Gasteiger partial charge in [0.05, 0.1) is 12.2 Å². The Labute approximate surface area is 54.3 Å². The van der Waals surface area contributed by atoms with Gasteiger partial charge in [-0.15, -0.1) is 0 Å². The number of aliphatic hydroxyl groups is 1. The van der Waals surface area contributed by atoms with Crippen LogP contribution < -0.4 is 5.32 Å². The van der Waals surface area contributed by atoms with Crippen molar-refractivity contribution in [3.63, 3.8) is 0 Å². The van der Waals surface area contributed by atoms with Gasteiger partial charge in [-0.25, -0.2) is 0 Å². The average Bonchev–Trinajstić information content (AvgIpc) is 1.89. The number of nitriles is 1. The Morgan fingerprint density at radius 2 is 2.44 bits per heavy atom. The fourth-order valence-corrected chi connectivity index (χ4v) is 1.00. The van der Waals surface area contributed by atoms with Gasteiger partial charge in [-0.05, 0) is 19.4 Å². The third-order valence-corrected chi connectivity index (χ3v) is 1.56. The average molecular weight is 126 g/mol. The van der Waals surface area contributed by atoms with Crippen molar-refractivity contribution in [1.29, 1.82) is 5.26 Å². The van der Waals surface area contributed by atoms with Crippen molar-refractivity contribution < 1.29 is 5.11 Å². The molecule has 50 valence electrons. The molecule has 2 atom stereocenters. The van der Waals surface area contributed by atoms with Crippen molar-refractivity contribution in [2.45, 2.75) is 25.0 Å². The molecule has 0 aromatic rings. The molecule has 1 aliphatic rings. The predicted molar refractivity (Wildman–Crippen MR) is 32.6 cm³/mol. The van der Waals surface area contributed by atoms with Gasteiger partial charge in [-0.1, -0.05) is 0 Å². The standard InChI is InChI=1S/C6H10N2O/c7-4-5-6(9)2-1-3-8-5/h5-6,8-9H,1-3H2. The first kappa shape index (κ1) is 6.53. The molecule has 0 aromatic carbocycles. The van der Waals surface area contributed by atoms with E-state index in [2.05, 4.69) is 5.32 Å². The topological polar surface area (TPSA) is 56.0 Å².